The standard InChI is InChI=1S/C16H21NO3/c1-3-20-11-5-7-16(19)17-15-9-8-13(2)12-14(15)6-4-10-18/h8-9,12,18H,3,5,7,10-11H2,1-2H3,(H,17,19). The van der Waals surface area contributed by atoms with E-state index in [1.807, 2.05) is 32.0 Å². The van der Waals surface area contributed by atoms with Crippen molar-refractivity contribution in [3.63, 3.8) is 0 Å². The molecule has 0 aliphatic rings. The van der Waals surface area contributed by atoms with Crippen LogP contribution in [0, 0.1) is 18.8 Å². The Morgan fingerprint density at radius 3 is 2.95 bits per heavy atom. The van der Waals surface area contributed by atoms with Crippen LogP contribution in [0.5, 0.6) is 0 Å². The maximum Gasteiger partial charge on any atom is 0.224 e. The predicted molar refractivity (Wildman–Crippen MR) is 79.5 cm³/mol. The van der Waals surface area contributed by atoms with E-state index in [2.05, 4.69) is 17.2 Å². The van der Waals surface area contributed by atoms with Gasteiger partial charge >= 0.3 is 0 Å². The molecule has 0 aliphatic heterocycles. The summed E-state index contributed by atoms with van der Waals surface area (Å²) in [5.41, 5.74) is 2.46. The Hall–Kier alpha value is -1.83. The van der Waals surface area contributed by atoms with Crippen LogP contribution in [0.15, 0.2) is 18.2 Å². The summed E-state index contributed by atoms with van der Waals surface area (Å²) in [6.07, 6.45) is 1.12. The smallest absolute Gasteiger partial charge is 0.224 e. The van der Waals surface area contributed by atoms with Crippen LogP contribution in [0.3, 0.4) is 0 Å². The molecule has 108 valence electrons. The van der Waals surface area contributed by atoms with Crippen molar-refractivity contribution in [2.45, 2.75) is 26.7 Å². The maximum absolute atomic E-state index is 11.8. The molecule has 1 aromatic rings. The number of hydrogen-bond acceptors (Lipinski definition) is 3. The molecule has 0 saturated heterocycles. The third-order valence-corrected chi connectivity index (χ3v) is 2.65. The minimum atomic E-state index is -0.199. The number of anilines is 1. The second-order valence-corrected chi connectivity index (χ2v) is 4.36. The van der Waals surface area contributed by atoms with Crippen LogP contribution in [0.1, 0.15) is 30.9 Å². The molecule has 0 aliphatic carbocycles. The molecule has 2 N–H and O–H groups in total. The number of aryl methyl sites for hydroxylation is 1. The molecule has 0 atom stereocenters. The Balaban J connectivity index is 2.64. The largest absolute Gasteiger partial charge is 0.384 e. The van der Waals surface area contributed by atoms with E-state index in [0.29, 0.717) is 31.7 Å². The molecule has 1 amide bonds. The van der Waals surface area contributed by atoms with Gasteiger partial charge in [0.2, 0.25) is 5.91 Å². The van der Waals surface area contributed by atoms with Crippen LogP contribution in [0.4, 0.5) is 5.69 Å². The van der Waals surface area contributed by atoms with Gasteiger partial charge in [0.25, 0.3) is 0 Å². The van der Waals surface area contributed by atoms with Crippen molar-refractivity contribution in [2.75, 3.05) is 25.1 Å². The van der Waals surface area contributed by atoms with Crippen LogP contribution in [0.25, 0.3) is 0 Å². The van der Waals surface area contributed by atoms with Gasteiger partial charge in [0.15, 0.2) is 0 Å². The van der Waals surface area contributed by atoms with Gasteiger partial charge in [-0.05, 0) is 38.0 Å². The number of benzene rings is 1. The summed E-state index contributed by atoms with van der Waals surface area (Å²) in [5, 5.41) is 11.6. The first-order valence-electron chi connectivity index (χ1n) is 6.75. The average molecular weight is 275 g/mol. The van der Waals surface area contributed by atoms with Crippen molar-refractivity contribution in [1.29, 1.82) is 0 Å². The zero-order valence-corrected chi connectivity index (χ0v) is 12.0. The van der Waals surface area contributed by atoms with Gasteiger partial charge in [-0.25, -0.2) is 0 Å². The molecule has 0 bridgehead atoms. The number of ether oxygens (including phenoxy) is 1. The minimum Gasteiger partial charge on any atom is -0.384 e. The van der Waals surface area contributed by atoms with Gasteiger partial charge in [-0.3, -0.25) is 4.79 Å². The highest BCUT2D eigenvalue weighted by atomic mass is 16.5. The number of carbonyl (C=O) groups excluding carboxylic acids is 1. The van der Waals surface area contributed by atoms with Crippen molar-refractivity contribution in [2.24, 2.45) is 0 Å². The summed E-state index contributed by atoms with van der Waals surface area (Å²) in [6.45, 7) is 4.95. The quantitative estimate of drug-likeness (QED) is 0.617. The topological polar surface area (TPSA) is 58.6 Å². The molecule has 0 saturated carbocycles. The molecule has 0 fully saturated rings. The van der Waals surface area contributed by atoms with Crippen molar-refractivity contribution >= 4 is 11.6 Å². The molecule has 4 heteroatoms. The van der Waals surface area contributed by atoms with E-state index < -0.39 is 0 Å². The van der Waals surface area contributed by atoms with Gasteiger partial charge < -0.3 is 15.2 Å². The number of hydrogen-bond donors (Lipinski definition) is 2. The third kappa shape index (κ3) is 5.87. The fourth-order valence-electron chi connectivity index (χ4n) is 1.70. The molecule has 0 unspecified atom stereocenters. The maximum atomic E-state index is 11.8. The van der Waals surface area contributed by atoms with Gasteiger partial charge in [-0.2, -0.15) is 0 Å². The zero-order valence-electron chi connectivity index (χ0n) is 12.0. The molecular weight excluding hydrogens is 254 g/mol. The number of amides is 1. The molecule has 0 aromatic heterocycles. The fraction of sp³-hybridized carbons (Fsp3) is 0.438. The van der Waals surface area contributed by atoms with E-state index in [9.17, 15) is 4.79 Å². The minimum absolute atomic E-state index is 0.0550. The predicted octanol–water partition coefficient (Wildman–Crippen LogP) is 2.09. The van der Waals surface area contributed by atoms with E-state index in [1.165, 1.54) is 0 Å². The van der Waals surface area contributed by atoms with Crippen LogP contribution < -0.4 is 5.32 Å². The third-order valence-electron chi connectivity index (χ3n) is 2.65. The van der Waals surface area contributed by atoms with E-state index in [0.717, 1.165) is 11.1 Å². The van der Waals surface area contributed by atoms with Crippen molar-refractivity contribution in [3.05, 3.63) is 29.3 Å². The number of nitrogens with one attached hydrogen (secondary N) is 1. The SMILES string of the molecule is CCOCCCC(=O)Nc1ccc(C)cc1C#CCO. The molecular formula is C16H21NO3. The summed E-state index contributed by atoms with van der Waals surface area (Å²) < 4.78 is 5.20. The number of aliphatic hydroxyl groups excluding tert-OH is 1. The van der Waals surface area contributed by atoms with Gasteiger partial charge in [0.05, 0.1) is 5.69 Å². The summed E-state index contributed by atoms with van der Waals surface area (Å²) >= 11 is 0. The molecule has 1 rings (SSSR count). The molecule has 0 spiro atoms. The van der Waals surface area contributed by atoms with Gasteiger partial charge in [0, 0.05) is 25.2 Å². The lowest BCUT2D eigenvalue weighted by Crippen LogP contribution is -2.13. The van der Waals surface area contributed by atoms with Crippen LogP contribution in [-0.2, 0) is 9.53 Å². The second-order valence-electron chi connectivity index (χ2n) is 4.36. The van der Waals surface area contributed by atoms with Gasteiger partial charge in [-0.1, -0.05) is 17.9 Å². The molecule has 0 radical (unpaired) electrons. The Morgan fingerprint density at radius 2 is 2.25 bits per heavy atom. The van der Waals surface area contributed by atoms with Crippen molar-refractivity contribution < 1.29 is 14.6 Å². The van der Waals surface area contributed by atoms with E-state index in [-0.39, 0.29) is 12.5 Å². The summed E-state index contributed by atoms with van der Waals surface area (Å²) in [7, 11) is 0. The second kappa shape index (κ2) is 9.13. The van der Waals surface area contributed by atoms with E-state index in [1.54, 1.807) is 0 Å². The first kappa shape index (κ1) is 16.2. The average Bonchev–Trinajstić information content (AvgIpc) is 2.44. The van der Waals surface area contributed by atoms with Crippen LogP contribution in [0.2, 0.25) is 0 Å². The number of aliphatic hydroxyl groups is 1. The molecule has 20 heavy (non-hydrogen) atoms. The van der Waals surface area contributed by atoms with Crippen LogP contribution in [-0.4, -0.2) is 30.8 Å². The summed E-state index contributed by atoms with van der Waals surface area (Å²) in [6, 6.07) is 5.63. The highest BCUT2D eigenvalue weighted by molar-refractivity contribution is 5.92. The Kier molecular flexibility index (Phi) is 7.41. The number of carbonyl (C=O) groups is 1. The molecule has 4 nitrogen and oxygen atoms in total. The number of rotatable bonds is 6. The lowest BCUT2D eigenvalue weighted by Gasteiger charge is -2.08. The lowest BCUT2D eigenvalue weighted by molar-refractivity contribution is -0.116. The highest BCUT2D eigenvalue weighted by Gasteiger charge is 2.06. The highest BCUT2D eigenvalue weighted by Crippen LogP contribution is 2.16. The Morgan fingerprint density at radius 1 is 1.45 bits per heavy atom. The van der Waals surface area contributed by atoms with Gasteiger partial charge in [-0.15, -0.1) is 0 Å². The monoisotopic (exact) mass is 275 g/mol. The Labute approximate surface area is 120 Å². The summed E-state index contributed by atoms with van der Waals surface area (Å²) in [5.74, 6) is 5.39. The van der Waals surface area contributed by atoms with E-state index >= 15 is 0 Å². The molecule has 0 heterocycles. The lowest BCUT2D eigenvalue weighted by atomic mass is 10.1. The first-order valence-corrected chi connectivity index (χ1v) is 6.75. The zero-order chi connectivity index (χ0) is 14.8. The van der Waals surface area contributed by atoms with Crippen molar-refractivity contribution in [1.82, 2.24) is 0 Å². The van der Waals surface area contributed by atoms with Crippen LogP contribution >= 0.6 is 0 Å². The van der Waals surface area contributed by atoms with E-state index in [4.69, 9.17) is 9.84 Å². The van der Waals surface area contributed by atoms with Crippen molar-refractivity contribution in [3.8, 4) is 11.8 Å². The molecule has 1 aromatic carbocycles. The normalized spacial score (nSPS) is 9.75. The fourth-order valence-corrected chi connectivity index (χ4v) is 1.70. The first-order chi connectivity index (χ1) is 9.67. The van der Waals surface area contributed by atoms with Gasteiger partial charge in [0.1, 0.15) is 6.61 Å². The Bertz CT molecular complexity index is 500. The summed E-state index contributed by atoms with van der Waals surface area (Å²) in [4.78, 5) is 11.8.